The number of anilines is 2. The third kappa shape index (κ3) is 3.22. The Morgan fingerprint density at radius 1 is 1.19 bits per heavy atom. The van der Waals surface area contributed by atoms with Gasteiger partial charge in [-0.2, -0.15) is 0 Å². The van der Waals surface area contributed by atoms with Crippen LogP contribution in [0.1, 0.15) is 38.3 Å². The summed E-state index contributed by atoms with van der Waals surface area (Å²) in [7, 11) is 1.71. The van der Waals surface area contributed by atoms with Crippen LogP contribution in [-0.2, 0) is 4.74 Å². The van der Waals surface area contributed by atoms with Crippen LogP contribution >= 0.6 is 0 Å². The van der Waals surface area contributed by atoms with Crippen molar-refractivity contribution < 1.29 is 20.1 Å². The number of hydrogen-bond donors (Lipinski definition) is 5. The standard InChI is InChI=1S/C17H26N6O4/c1-18-17-22-11-14(21-9-5-3-2-4-6-9)19-8-20-15(11)23(17)16-13(26)12(25)10(7-24)27-16/h8-10,12-13,16,24-26H,2-7H2,1H3,(H,18,22)(H,19,20,21)/t10-,12-,13-,16-/m1/s1. The first-order valence-corrected chi connectivity index (χ1v) is 9.43. The number of aliphatic hydroxyl groups is 3. The number of rotatable bonds is 5. The van der Waals surface area contributed by atoms with Gasteiger partial charge < -0.3 is 30.7 Å². The van der Waals surface area contributed by atoms with E-state index < -0.39 is 24.5 Å². The number of aromatic nitrogens is 4. The minimum Gasteiger partial charge on any atom is -0.394 e. The van der Waals surface area contributed by atoms with E-state index in [2.05, 4.69) is 25.6 Å². The van der Waals surface area contributed by atoms with Crippen molar-refractivity contribution in [1.82, 2.24) is 19.5 Å². The Kier molecular flexibility index (Phi) is 5.13. The highest BCUT2D eigenvalue weighted by molar-refractivity contribution is 5.85. The fraction of sp³-hybridized carbons (Fsp3) is 0.706. The Hall–Kier alpha value is -2.01. The molecule has 0 bridgehead atoms. The van der Waals surface area contributed by atoms with Gasteiger partial charge in [-0.25, -0.2) is 15.0 Å². The van der Waals surface area contributed by atoms with Gasteiger partial charge in [0.1, 0.15) is 24.6 Å². The van der Waals surface area contributed by atoms with Crippen LogP contribution in [0, 0.1) is 0 Å². The number of aliphatic hydroxyl groups excluding tert-OH is 3. The van der Waals surface area contributed by atoms with E-state index in [-0.39, 0.29) is 6.61 Å². The molecular weight excluding hydrogens is 352 g/mol. The van der Waals surface area contributed by atoms with Crippen LogP contribution in [0.2, 0.25) is 0 Å². The molecule has 2 aliphatic rings. The number of nitrogens with one attached hydrogen (secondary N) is 2. The first kappa shape index (κ1) is 18.4. The molecule has 10 nitrogen and oxygen atoms in total. The highest BCUT2D eigenvalue weighted by atomic mass is 16.6. The van der Waals surface area contributed by atoms with E-state index >= 15 is 0 Å². The molecule has 4 rings (SSSR count). The first-order chi connectivity index (χ1) is 13.1. The molecule has 1 aliphatic carbocycles. The molecule has 0 aromatic carbocycles. The van der Waals surface area contributed by atoms with Crippen molar-refractivity contribution in [3.63, 3.8) is 0 Å². The molecule has 2 aromatic rings. The average Bonchev–Trinajstić information content (AvgIpc) is 3.21. The number of nitrogens with zero attached hydrogens (tertiary/aromatic N) is 4. The smallest absolute Gasteiger partial charge is 0.207 e. The predicted octanol–water partition coefficient (Wildman–Crippen LogP) is 0.224. The van der Waals surface area contributed by atoms with Crippen LogP contribution in [-0.4, -0.2) is 72.8 Å². The van der Waals surface area contributed by atoms with E-state index in [1.54, 1.807) is 11.6 Å². The van der Waals surface area contributed by atoms with Gasteiger partial charge in [0, 0.05) is 13.1 Å². The normalized spacial score (nSPS) is 29.3. The van der Waals surface area contributed by atoms with Crippen molar-refractivity contribution in [2.45, 2.75) is 62.7 Å². The van der Waals surface area contributed by atoms with Gasteiger partial charge >= 0.3 is 0 Å². The number of ether oxygens (including phenoxy) is 1. The quantitative estimate of drug-likeness (QED) is 0.495. The molecule has 4 atom stereocenters. The third-order valence-corrected chi connectivity index (χ3v) is 5.42. The molecule has 3 heterocycles. The van der Waals surface area contributed by atoms with E-state index in [1.165, 1.54) is 25.6 Å². The van der Waals surface area contributed by atoms with Gasteiger partial charge in [-0.05, 0) is 12.8 Å². The van der Waals surface area contributed by atoms with Gasteiger partial charge in [-0.1, -0.05) is 19.3 Å². The summed E-state index contributed by atoms with van der Waals surface area (Å²) in [5.41, 5.74) is 1.06. The summed E-state index contributed by atoms with van der Waals surface area (Å²) in [5, 5.41) is 36.3. The molecular formula is C17H26N6O4. The highest BCUT2D eigenvalue weighted by Crippen LogP contribution is 2.35. The monoisotopic (exact) mass is 378 g/mol. The van der Waals surface area contributed by atoms with Gasteiger partial charge in [0.25, 0.3) is 0 Å². The van der Waals surface area contributed by atoms with Crippen LogP contribution in [0.25, 0.3) is 11.2 Å². The molecule has 10 heteroatoms. The van der Waals surface area contributed by atoms with Crippen LogP contribution in [0.5, 0.6) is 0 Å². The second-order valence-corrected chi connectivity index (χ2v) is 7.16. The van der Waals surface area contributed by atoms with Gasteiger partial charge in [-0.3, -0.25) is 4.57 Å². The van der Waals surface area contributed by atoms with Crippen LogP contribution in [0.15, 0.2) is 6.33 Å². The zero-order chi connectivity index (χ0) is 19.0. The average molecular weight is 378 g/mol. The lowest BCUT2D eigenvalue weighted by molar-refractivity contribution is -0.0501. The first-order valence-electron chi connectivity index (χ1n) is 9.43. The van der Waals surface area contributed by atoms with Crippen LogP contribution in [0.4, 0.5) is 11.8 Å². The summed E-state index contributed by atoms with van der Waals surface area (Å²) in [6, 6.07) is 0.356. The molecule has 2 aromatic heterocycles. The van der Waals surface area contributed by atoms with E-state index in [0.29, 0.717) is 29.0 Å². The van der Waals surface area contributed by atoms with Crippen molar-refractivity contribution in [3.05, 3.63) is 6.33 Å². The maximum Gasteiger partial charge on any atom is 0.207 e. The van der Waals surface area contributed by atoms with E-state index in [1.807, 2.05) is 0 Å². The SMILES string of the molecule is CNc1nc2c(NC3CCCCC3)ncnc2n1[C@@H]1O[C@H](CO)[C@@H](O)[C@H]1O. The zero-order valence-electron chi connectivity index (χ0n) is 15.2. The molecule has 0 amide bonds. The number of fused-ring (bicyclic) bond motifs is 1. The Morgan fingerprint density at radius 3 is 2.63 bits per heavy atom. The summed E-state index contributed by atoms with van der Waals surface area (Å²) >= 11 is 0. The second kappa shape index (κ2) is 7.55. The zero-order valence-corrected chi connectivity index (χ0v) is 15.2. The second-order valence-electron chi connectivity index (χ2n) is 7.16. The molecule has 27 heavy (non-hydrogen) atoms. The van der Waals surface area contributed by atoms with E-state index in [9.17, 15) is 15.3 Å². The summed E-state index contributed by atoms with van der Waals surface area (Å²) in [5.74, 6) is 1.08. The molecule has 148 valence electrons. The Morgan fingerprint density at radius 2 is 1.96 bits per heavy atom. The van der Waals surface area contributed by atoms with Crippen molar-refractivity contribution in [2.24, 2.45) is 0 Å². The lowest BCUT2D eigenvalue weighted by atomic mass is 9.95. The minimum absolute atomic E-state index is 0.356. The molecule has 1 saturated heterocycles. The third-order valence-electron chi connectivity index (χ3n) is 5.42. The van der Waals surface area contributed by atoms with Crippen molar-refractivity contribution in [2.75, 3.05) is 24.3 Å². The van der Waals surface area contributed by atoms with E-state index in [0.717, 1.165) is 12.8 Å². The maximum atomic E-state index is 10.4. The van der Waals surface area contributed by atoms with Crippen molar-refractivity contribution in [3.8, 4) is 0 Å². The maximum absolute atomic E-state index is 10.4. The number of hydrogen-bond acceptors (Lipinski definition) is 9. The van der Waals surface area contributed by atoms with Gasteiger partial charge in [0.2, 0.25) is 5.95 Å². The molecule has 1 saturated carbocycles. The Balaban J connectivity index is 1.72. The molecule has 0 radical (unpaired) electrons. The minimum atomic E-state index is -1.21. The molecule has 0 spiro atoms. The van der Waals surface area contributed by atoms with Gasteiger partial charge in [-0.15, -0.1) is 0 Å². The molecule has 1 aliphatic heterocycles. The number of imidazole rings is 1. The fourth-order valence-corrected chi connectivity index (χ4v) is 3.97. The molecule has 5 N–H and O–H groups in total. The van der Waals surface area contributed by atoms with Crippen LogP contribution in [0.3, 0.4) is 0 Å². The Labute approximate surface area is 156 Å². The van der Waals surface area contributed by atoms with Crippen LogP contribution < -0.4 is 10.6 Å². The lowest BCUT2D eigenvalue weighted by Crippen LogP contribution is -2.33. The summed E-state index contributed by atoms with van der Waals surface area (Å²) < 4.78 is 7.28. The predicted molar refractivity (Wildman–Crippen MR) is 98.4 cm³/mol. The van der Waals surface area contributed by atoms with Gasteiger partial charge in [0.15, 0.2) is 23.2 Å². The fourth-order valence-electron chi connectivity index (χ4n) is 3.97. The lowest BCUT2D eigenvalue weighted by Gasteiger charge is -2.23. The molecule has 0 unspecified atom stereocenters. The van der Waals surface area contributed by atoms with E-state index in [4.69, 9.17) is 4.74 Å². The highest BCUT2D eigenvalue weighted by Gasteiger charge is 2.45. The molecule has 2 fully saturated rings. The van der Waals surface area contributed by atoms with Crippen molar-refractivity contribution >= 4 is 22.9 Å². The summed E-state index contributed by atoms with van der Waals surface area (Å²) in [4.78, 5) is 13.3. The largest absolute Gasteiger partial charge is 0.394 e. The Bertz CT molecular complexity index is 793. The van der Waals surface area contributed by atoms with Gasteiger partial charge in [0.05, 0.1) is 6.61 Å². The topological polar surface area (TPSA) is 138 Å². The van der Waals surface area contributed by atoms with Crippen molar-refractivity contribution in [1.29, 1.82) is 0 Å². The summed E-state index contributed by atoms with van der Waals surface area (Å²) in [6.07, 6.45) is 3.12. The summed E-state index contributed by atoms with van der Waals surface area (Å²) in [6.45, 7) is -0.389.